The van der Waals surface area contributed by atoms with E-state index in [1.54, 1.807) is 42.5 Å². The molecule has 0 N–H and O–H groups in total. The molecule has 3 aromatic rings. The second kappa shape index (κ2) is 9.13. The maximum atomic E-state index is 13.1. The van der Waals surface area contributed by atoms with Gasteiger partial charge in [0.1, 0.15) is 43.3 Å². The van der Waals surface area contributed by atoms with E-state index < -0.39 is 0 Å². The second-order valence-electron chi connectivity index (χ2n) is 7.13. The van der Waals surface area contributed by atoms with E-state index in [0.29, 0.717) is 23.9 Å². The molecule has 2 atom stereocenters. The van der Waals surface area contributed by atoms with E-state index in [4.69, 9.17) is 18.9 Å². The minimum absolute atomic E-state index is 0.114. The summed E-state index contributed by atoms with van der Waals surface area (Å²) in [6, 6.07) is 17.6. The summed E-state index contributed by atoms with van der Waals surface area (Å²) in [6.07, 6.45) is 0.334. The van der Waals surface area contributed by atoms with Crippen LogP contribution in [0.5, 0.6) is 17.2 Å². The van der Waals surface area contributed by atoms with Gasteiger partial charge in [0.25, 0.3) is 0 Å². The predicted molar refractivity (Wildman–Crippen MR) is 108 cm³/mol. The van der Waals surface area contributed by atoms with Crippen LogP contribution in [-0.2, 0) is 18.0 Å². The topological polar surface area (TPSA) is 40.2 Å². The Morgan fingerprint density at radius 2 is 1.27 bits per heavy atom. The smallest absolute Gasteiger partial charge is 0.165 e. The van der Waals surface area contributed by atoms with Crippen molar-refractivity contribution in [1.82, 2.24) is 0 Å². The highest BCUT2D eigenvalue weighted by Gasteiger charge is 2.34. The lowest BCUT2D eigenvalue weighted by Gasteiger charge is -2.15. The molecule has 1 saturated heterocycles. The zero-order valence-electron chi connectivity index (χ0n) is 16.5. The van der Waals surface area contributed by atoms with E-state index in [9.17, 15) is 8.78 Å². The average Bonchev–Trinajstić information content (AvgIpc) is 3.47. The van der Waals surface area contributed by atoms with Gasteiger partial charge in [-0.15, -0.1) is 0 Å². The summed E-state index contributed by atoms with van der Waals surface area (Å²) < 4.78 is 49.2. The first-order valence-corrected chi connectivity index (χ1v) is 9.73. The van der Waals surface area contributed by atoms with Crippen LogP contribution in [0.4, 0.5) is 8.78 Å². The van der Waals surface area contributed by atoms with Crippen molar-refractivity contribution in [1.29, 1.82) is 0 Å². The predicted octanol–water partition coefficient (Wildman–Crippen LogP) is 5.29. The second-order valence-corrected chi connectivity index (χ2v) is 7.13. The van der Waals surface area contributed by atoms with Gasteiger partial charge in [-0.05, 0) is 54.4 Å². The number of hydrogen-bond acceptors (Lipinski definition) is 4. The molecule has 3 aromatic carbocycles. The maximum absolute atomic E-state index is 13.1. The van der Waals surface area contributed by atoms with Crippen LogP contribution in [0.15, 0.2) is 66.7 Å². The molecule has 0 radical (unpaired) electrons. The fourth-order valence-corrected chi connectivity index (χ4v) is 2.88. The van der Waals surface area contributed by atoms with Crippen molar-refractivity contribution in [3.8, 4) is 17.2 Å². The Labute approximate surface area is 174 Å². The molecule has 4 rings (SSSR count). The van der Waals surface area contributed by atoms with Gasteiger partial charge in [-0.1, -0.05) is 24.3 Å². The Bertz CT molecular complexity index is 974. The van der Waals surface area contributed by atoms with Crippen molar-refractivity contribution < 1.29 is 27.7 Å². The van der Waals surface area contributed by atoms with Gasteiger partial charge < -0.3 is 18.9 Å². The number of halogens is 2. The number of benzene rings is 3. The lowest BCUT2D eigenvalue weighted by molar-refractivity contribution is 0.245. The third kappa shape index (κ3) is 5.48. The van der Waals surface area contributed by atoms with Crippen molar-refractivity contribution in [2.24, 2.45) is 0 Å². The molecule has 1 aliphatic heterocycles. The minimum Gasteiger partial charge on any atom is -0.491 e. The highest BCUT2D eigenvalue weighted by molar-refractivity contribution is 5.46. The first-order chi connectivity index (χ1) is 14.6. The lowest BCUT2D eigenvalue weighted by Crippen LogP contribution is -2.07. The molecule has 6 heteroatoms. The molecular formula is C24H22F2O4. The molecule has 156 valence electrons. The Balaban J connectivity index is 1.46. The number of epoxide rings is 1. The van der Waals surface area contributed by atoms with Gasteiger partial charge in [-0.2, -0.15) is 0 Å². The summed E-state index contributed by atoms with van der Waals surface area (Å²) in [6.45, 7) is 2.98. The summed E-state index contributed by atoms with van der Waals surface area (Å²) in [5.74, 6) is 1.08. The number of rotatable bonds is 9. The molecule has 0 bridgehead atoms. The summed E-state index contributed by atoms with van der Waals surface area (Å²) >= 11 is 0. The summed E-state index contributed by atoms with van der Waals surface area (Å²) in [4.78, 5) is 0. The Morgan fingerprint density at radius 3 is 1.80 bits per heavy atom. The van der Waals surface area contributed by atoms with E-state index >= 15 is 0 Å². The molecule has 30 heavy (non-hydrogen) atoms. The number of hydrogen-bond donors (Lipinski definition) is 0. The fraction of sp³-hybridized carbons (Fsp3) is 0.250. The van der Waals surface area contributed by atoms with Crippen molar-refractivity contribution in [2.45, 2.75) is 32.3 Å². The van der Waals surface area contributed by atoms with E-state index in [-0.39, 0.29) is 37.1 Å². The van der Waals surface area contributed by atoms with Crippen molar-refractivity contribution >= 4 is 0 Å². The molecule has 1 aliphatic rings. The van der Waals surface area contributed by atoms with Crippen molar-refractivity contribution in [3.63, 3.8) is 0 Å². The van der Waals surface area contributed by atoms with Crippen LogP contribution in [0, 0.1) is 11.6 Å². The van der Waals surface area contributed by atoms with Crippen LogP contribution in [0.25, 0.3) is 0 Å². The zero-order valence-corrected chi connectivity index (χ0v) is 16.5. The van der Waals surface area contributed by atoms with E-state index in [2.05, 4.69) is 0 Å². The van der Waals surface area contributed by atoms with Crippen molar-refractivity contribution in [3.05, 3.63) is 89.5 Å². The molecule has 4 nitrogen and oxygen atoms in total. The zero-order chi connectivity index (χ0) is 20.9. The highest BCUT2D eigenvalue weighted by Crippen LogP contribution is 2.33. The largest absolute Gasteiger partial charge is 0.491 e. The van der Waals surface area contributed by atoms with E-state index in [0.717, 1.165) is 11.1 Å². The first-order valence-electron chi connectivity index (χ1n) is 9.73. The summed E-state index contributed by atoms with van der Waals surface area (Å²) in [5.41, 5.74) is 1.66. The normalized spacial score (nSPS) is 17.4. The van der Waals surface area contributed by atoms with Crippen LogP contribution in [0.3, 0.4) is 0 Å². The Morgan fingerprint density at radius 1 is 0.733 bits per heavy atom. The van der Waals surface area contributed by atoms with Crippen LogP contribution >= 0.6 is 0 Å². The van der Waals surface area contributed by atoms with Gasteiger partial charge in [0.05, 0.1) is 6.10 Å². The van der Waals surface area contributed by atoms with Crippen molar-refractivity contribution in [2.75, 3.05) is 6.61 Å². The van der Waals surface area contributed by atoms with Gasteiger partial charge >= 0.3 is 0 Å². The standard InChI is InChI=1S/C24H22F2O4/c1-16-24(30-16)15-27-21-10-11-22(28-13-17-2-6-19(25)7-3-17)23(12-21)29-14-18-4-8-20(26)9-5-18/h2-12,16,24H,13-15H2,1H3/t16?,24-/m0/s1. The van der Waals surface area contributed by atoms with Gasteiger partial charge in [-0.3, -0.25) is 0 Å². The summed E-state index contributed by atoms with van der Waals surface area (Å²) in [5, 5.41) is 0. The van der Waals surface area contributed by atoms with Crippen LogP contribution < -0.4 is 14.2 Å². The van der Waals surface area contributed by atoms with Crippen LogP contribution in [0.2, 0.25) is 0 Å². The maximum Gasteiger partial charge on any atom is 0.165 e. The summed E-state index contributed by atoms with van der Waals surface area (Å²) in [7, 11) is 0. The lowest BCUT2D eigenvalue weighted by atomic mass is 10.2. The highest BCUT2D eigenvalue weighted by atomic mass is 19.1. The van der Waals surface area contributed by atoms with Gasteiger partial charge in [0.15, 0.2) is 11.5 Å². The quantitative estimate of drug-likeness (QED) is 0.448. The molecule has 0 aliphatic carbocycles. The Hall–Kier alpha value is -3.12. The van der Waals surface area contributed by atoms with Gasteiger partial charge in [0.2, 0.25) is 0 Å². The molecule has 0 amide bonds. The minimum atomic E-state index is -0.297. The first kappa shape index (κ1) is 20.2. The molecule has 0 spiro atoms. The molecule has 1 unspecified atom stereocenters. The van der Waals surface area contributed by atoms with Crippen LogP contribution in [-0.4, -0.2) is 18.8 Å². The van der Waals surface area contributed by atoms with Gasteiger partial charge in [-0.25, -0.2) is 8.78 Å². The molecule has 1 heterocycles. The van der Waals surface area contributed by atoms with E-state index in [1.807, 2.05) is 6.92 Å². The van der Waals surface area contributed by atoms with E-state index in [1.165, 1.54) is 24.3 Å². The Kier molecular flexibility index (Phi) is 6.14. The number of ether oxygens (including phenoxy) is 4. The molecule has 0 aromatic heterocycles. The molecule has 1 fully saturated rings. The monoisotopic (exact) mass is 412 g/mol. The molecule has 0 saturated carbocycles. The third-order valence-corrected chi connectivity index (χ3v) is 4.78. The molecular weight excluding hydrogens is 390 g/mol. The third-order valence-electron chi connectivity index (χ3n) is 4.78. The fourth-order valence-electron chi connectivity index (χ4n) is 2.88. The van der Waals surface area contributed by atoms with Gasteiger partial charge in [0, 0.05) is 6.07 Å². The SMILES string of the molecule is CC1O[C@H]1COc1ccc(OCc2ccc(F)cc2)c(OCc2ccc(F)cc2)c1. The average molecular weight is 412 g/mol. The van der Waals surface area contributed by atoms with Crippen LogP contribution in [0.1, 0.15) is 18.1 Å².